The maximum atomic E-state index is 11.8. The number of amides is 3. The molecule has 6 nitrogen and oxygen atoms in total. The van der Waals surface area contributed by atoms with Crippen LogP contribution in [0.5, 0.6) is 5.75 Å². The van der Waals surface area contributed by atoms with Crippen LogP contribution in [-0.4, -0.2) is 32.1 Å². The van der Waals surface area contributed by atoms with Crippen molar-refractivity contribution in [2.24, 2.45) is 5.92 Å². The monoisotopic (exact) mass is 291 g/mol. The average Bonchev–Trinajstić information content (AvgIpc) is 3.27. The predicted octanol–water partition coefficient (Wildman–Crippen LogP) is 1.65. The van der Waals surface area contributed by atoms with Gasteiger partial charge in [0.05, 0.1) is 19.3 Å². The van der Waals surface area contributed by atoms with E-state index in [1.165, 1.54) is 12.8 Å². The van der Waals surface area contributed by atoms with E-state index >= 15 is 0 Å². The molecule has 114 valence electrons. The Morgan fingerprint density at radius 3 is 2.71 bits per heavy atom. The fourth-order valence-electron chi connectivity index (χ4n) is 1.90. The smallest absolute Gasteiger partial charge is 0.315 e. The van der Waals surface area contributed by atoms with Crippen LogP contribution in [0.3, 0.4) is 0 Å². The molecule has 0 atom stereocenters. The summed E-state index contributed by atoms with van der Waals surface area (Å²) in [5.41, 5.74) is 1.61. The summed E-state index contributed by atoms with van der Waals surface area (Å²) >= 11 is 0. The molecular formula is C15H21N3O3. The summed E-state index contributed by atoms with van der Waals surface area (Å²) in [5, 5.41) is 8.00. The van der Waals surface area contributed by atoms with Crippen molar-refractivity contribution < 1.29 is 14.3 Å². The molecule has 0 aromatic heterocycles. The lowest BCUT2D eigenvalue weighted by atomic mass is 10.2. The zero-order chi connectivity index (χ0) is 15.2. The van der Waals surface area contributed by atoms with E-state index in [1.807, 2.05) is 19.1 Å². The first-order chi connectivity index (χ1) is 10.1. The van der Waals surface area contributed by atoms with E-state index in [9.17, 15) is 9.59 Å². The van der Waals surface area contributed by atoms with Crippen LogP contribution in [0.2, 0.25) is 0 Å². The van der Waals surface area contributed by atoms with Gasteiger partial charge in [0.25, 0.3) is 0 Å². The van der Waals surface area contributed by atoms with E-state index in [0.717, 1.165) is 5.56 Å². The molecule has 0 spiro atoms. The van der Waals surface area contributed by atoms with Crippen molar-refractivity contribution in [1.29, 1.82) is 0 Å². The number of urea groups is 1. The third kappa shape index (κ3) is 4.98. The van der Waals surface area contributed by atoms with Gasteiger partial charge in [0.1, 0.15) is 5.75 Å². The lowest BCUT2D eigenvalue weighted by Crippen LogP contribution is -2.40. The van der Waals surface area contributed by atoms with Crippen molar-refractivity contribution >= 4 is 17.6 Å². The standard InChI is InChI=1S/C15H21N3O3/c1-10-3-6-13(21-2)12(7-10)18-14(19)9-17-15(20)16-8-11-4-5-11/h3,6-7,11H,4-5,8-9H2,1-2H3,(H,18,19)(H2,16,17,20). The highest BCUT2D eigenvalue weighted by atomic mass is 16.5. The summed E-state index contributed by atoms with van der Waals surface area (Å²) in [6.07, 6.45) is 2.35. The van der Waals surface area contributed by atoms with E-state index in [0.29, 0.717) is 23.9 Å². The van der Waals surface area contributed by atoms with E-state index in [2.05, 4.69) is 16.0 Å². The van der Waals surface area contributed by atoms with Gasteiger partial charge >= 0.3 is 6.03 Å². The van der Waals surface area contributed by atoms with E-state index < -0.39 is 0 Å². The number of hydrogen-bond acceptors (Lipinski definition) is 3. The molecule has 0 heterocycles. The van der Waals surface area contributed by atoms with Gasteiger partial charge in [0, 0.05) is 6.54 Å². The van der Waals surface area contributed by atoms with Gasteiger partial charge in [-0.15, -0.1) is 0 Å². The lowest BCUT2D eigenvalue weighted by Gasteiger charge is -2.11. The molecule has 6 heteroatoms. The van der Waals surface area contributed by atoms with Gasteiger partial charge in [-0.25, -0.2) is 4.79 Å². The number of hydrogen-bond donors (Lipinski definition) is 3. The zero-order valence-electron chi connectivity index (χ0n) is 12.4. The Hall–Kier alpha value is -2.24. The number of aryl methyl sites for hydroxylation is 1. The van der Waals surface area contributed by atoms with Gasteiger partial charge in [-0.3, -0.25) is 4.79 Å². The first-order valence-corrected chi connectivity index (χ1v) is 7.04. The van der Waals surface area contributed by atoms with Crippen LogP contribution in [0.15, 0.2) is 18.2 Å². The number of rotatable bonds is 6. The van der Waals surface area contributed by atoms with Crippen molar-refractivity contribution in [3.8, 4) is 5.75 Å². The first-order valence-electron chi connectivity index (χ1n) is 7.04. The molecule has 1 aliphatic carbocycles. The first kappa shape index (κ1) is 15.2. The summed E-state index contributed by atoms with van der Waals surface area (Å²) in [6, 6.07) is 5.20. The fourth-order valence-corrected chi connectivity index (χ4v) is 1.90. The number of ether oxygens (including phenoxy) is 1. The normalized spacial score (nSPS) is 13.4. The average molecular weight is 291 g/mol. The molecule has 0 radical (unpaired) electrons. The topological polar surface area (TPSA) is 79.5 Å². The Balaban J connectivity index is 1.78. The fraction of sp³-hybridized carbons (Fsp3) is 0.467. The third-order valence-corrected chi connectivity index (χ3v) is 3.29. The van der Waals surface area contributed by atoms with Crippen LogP contribution in [0.25, 0.3) is 0 Å². The molecule has 21 heavy (non-hydrogen) atoms. The maximum Gasteiger partial charge on any atom is 0.315 e. The maximum absolute atomic E-state index is 11.8. The number of benzene rings is 1. The third-order valence-electron chi connectivity index (χ3n) is 3.29. The summed E-state index contributed by atoms with van der Waals surface area (Å²) in [7, 11) is 1.55. The van der Waals surface area contributed by atoms with Gasteiger partial charge < -0.3 is 20.7 Å². The lowest BCUT2D eigenvalue weighted by molar-refractivity contribution is -0.115. The number of carbonyl (C=O) groups is 2. The molecule has 0 unspecified atom stereocenters. The molecule has 1 aromatic carbocycles. The van der Waals surface area contributed by atoms with Crippen LogP contribution in [0.1, 0.15) is 18.4 Å². The number of carbonyl (C=O) groups excluding carboxylic acids is 2. The van der Waals surface area contributed by atoms with Gasteiger partial charge in [-0.2, -0.15) is 0 Å². The summed E-state index contributed by atoms with van der Waals surface area (Å²) in [5.74, 6) is 0.911. The number of methoxy groups -OCH3 is 1. The van der Waals surface area contributed by atoms with Crippen LogP contribution in [0, 0.1) is 12.8 Å². The van der Waals surface area contributed by atoms with Gasteiger partial charge in [0.2, 0.25) is 5.91 Å². The van der Waals surface area contributed by atoms with Gasteiger partial charge in [-0.1, -0.05) is 6.07 Å². The van der Waals surface area contributed by atoms with Crippen molar-refractivity contribution in [2.45, 2.75) is 19.8 Å². The highest BCUT2D eigenvalue weighted by molar-refractivity contribution is 5.95. The summed E-state index contributed by atoms with van der Waals surface area (Å²) in [4.78, 5) is 23.3. The van der Waals surface area contributed by atoms with E-state index in [-0.39, 0.29) is 18.5 Å². The Labute approximate surface area is 124 Å². The Kier molecular flexibility index (Phi) is 5.03. The molecule has 1 aromatic rings. The quantitative estimate of drug-likeness (QED) is 0.745. The molecular weight excluding hydrogens is 270 g/mol. The molecule has 3 N–H and O–H groups in total. The second-order valence-electron chi connectivity index (χ2n) is 5.26. The highest BCUT2D eigenvalue weighted by Crippen LogP contribution is 2.27. The minimum atomic E-state index is -0.312. The SMILES string of the molecule is COc1ccc(C)cc1NC(=O)CNC(=O)NCC1CC1. The molecule has 1 aliphatic rings. The van der Waals surface area contributed by atoms with Crippen LogP contribution < -0.4 is 20.7 Å². The van der Waals surface area contributed by atoms with Gasteiger partial charge in [-0.05, 0) is 43.4 Å². The molecule has 2 rings (SSSR count). The zero-order valence-corrected chi connectivity index (χ0v) is 12.4. The van der Waals surface area contributed by atoms with Crippen LogP contribution in [0.4, 0.5) is 10.5 Å². The largest absolute Gasteiger partial charge is 0.495 e. The molecule has 0 bridgehead atoms. The van der Waals surface area contributed by atoms with E-state index in [1.54, 1.807) is 13.2 Å². The molecule has 3 amide bonds. The minimum Gasteiger partial charge on any atom is -0.495 e. The Morgan fingerprint density at radius 2 is 2.05 bits per heavy atom. The van der Waals surface area contributed by atoms with Crippen molar-refractivity contribution in [2.75, 3.05) is 25.5 Å². The van der Waals surface area contributed by atoms with Gasteiger partial charge in [0.15, 0.2) is 0 Å². The number of anilines is 1. The molecule has 0 saturated heterocycles. The second kappa shape index (κ2) is 6.97. The Bertz CT molecular complexity index is 527. The number of nitrogens with one attached hydrogen (secondary N) is 3. The van der Waals surface area contributed by atoms with Crippen molar-refractivity contribution in [3.05, 3.63) is 23.8 Å². The highest BCUT2D eigenvalue weighted by Gasteiger charge is 2.21. The second-order valence-corrected chi connectivity index (χ2v) is 5.26. The molecule has 0 aliphatic heterocycles. The molecule has 1 fully saturated rings. The van der Waals surface area contributed by atoms with E-state index in [4.69, 9.17) is 4.74 Å². The van der Waals surface area contributed by atoms with Crippen molar-refractivity contribution in [3.63, 3.8) is 0 Å². The predicted molar refractivity (Wildman–Crippen MR) is 80.5 cm³/mol. The molecule has 1 saturated carbocycles. The summed E-state index contributed by atoms with van der Waals surface area (Å²) in [6.45, 7) is 2.53. The van der Waals surface area contributed by atoms with Crippen LogP contribution in [-0.2, 0) is 4.79 Å². The summed E-state index contributed by atoms with van der Waals surface area (Å²) < 4.78 is 5.18. The van der Waals surface area contributed by atoms with Crippen LogP contribution >= 0.6 is 0 Å². The minimum absolute atomic E-state index is 0.0758. The Morgan fingerprint density at radius 1 is 1.29 bits per heavy atom. The van der Waals surface area contributed by atoms with Crippen molar-refractivity contribution in [1.82, 2.24) is 10.6 Å².